The van der Waals surface area contributed by atoms with Crippen molar-refractivity contribution in [3.63, 3.8) is 0 Å². The maximum Gasteiger partial charge on any atom is 0.122 e. The van der Waals surface area contributed by atoms with Crippen molar-refractivity contribution < 1.29 is 4.74 Å². The standard InChI is InChI=1S/C15H22O/c1-5-13(4)10-14-8-6-7-9-15(14)16-11-12(2)3/h5-9,12-13H,1,10-11H2,2-4H3. The lowest BCUT2D eigenvalue weighted by atomic mass is 10.0. The lowest BCUT2D eigenvalue weighted by Gasteiger charge is -2.14. The van der Waals surface area contributed by atoms with E-state index in [2.05, 4.69) is 39.5 Å². The van der Waals surface area contributed by atoms with E-state index in [0.29, 0.717) is 11.8 Å². The van der Waals surface area contributed by atoms with Crippen molar-refractivity contribution in [2.45, 2.75) is 27.2 Å². The molecule has 0 radical (unpaired) electrons. The molecule has 0 N–H and O–H groups in total. The fourth-order valence-corrected chi connectivity index (χ4v) is 1.50. The average Bonchev–Trinajstić information content (AvgIpc) is 2.27. The van der Waals surface area contributed by atoms with Gasteiger partial charge in [-0.2, -0.15) is 0 Å². The lowest BCUT2D eigenvalue weighted by Crippen LogP contribution is -2.07. The number of ether oxygens (including phenoxy) is 1. The molecule has 0 aliphatic carbocycles. The summed E-state index contributed by atoms with van der Waals surface area (Å²) < 4.78 is 5.81. The van der Waals surface area contributed by atoms with Gasteiger partial charge in [-0.25, -0.2) is 0 Å². The van der Waals surface area contributed by atoms with Gasteiger partial charge in [-0.1, -0.05) is 45.0 Å². The number of para-hydroxylation sites is 1. The second-order valence-corrected chi connectivity index (χ2v) is 4.73. The van der Waals surface area contributed by atoms with Crippen LogP contribution in [0, 0.1) is 11.8 Å². The molecule has 0 saturated heterocycles. The Bertz CT molecular complexity index is 328. The molecule has 1 atom stereocenters. The Balaban J connectivity index is 2.71. The average molecular weight is 218 g/mol. The maximum absolute atomic E-state index is 5.81. The topological polar surface area (TPSA) is 9.23 Å². The van der Waals surface area contributed by atoms with Crippen LogP contribution >= 0.6 is 0 Å². The van der Waals surface area contributed by atoms with Gasteiger partial charge >= 0.3 is 0 Å². The minimum atomic E-state index is 0.490. The molecule has 0 amide bonds. The van der Waals surface area contributed by atoms with Crippen LogP contribution in [-0.4, -0.2) is 6.61 Å². The molecule has 1 rings (SSSR count). The van der Waals surface area contributed by atoms with Gasteiger partial charge in [-0.3, -0.25) is 0 Å². The summed E-state index contributed by atoms with van der Waals surface area (Å²) in [6.07, 6.45) is 2.98. The Hall–Kier alpha value is -1.24. The number of allylic oxidation sites excluding steroid dienone is 1. The summed E-state index contributed by atoms with van der Waals surface area (Å²) in [5.74, 6) is 2.07. The van der Waals surface area contributed by atoms with Crippen molar-refractivity contribution in [1.29, 1.82) is 0 Å². The molecular weight excluding hydrogens is 196 g/mol. The first-order valence-corrected chi connectivity index (χ1v) is 5.96. The first-order valence-electron chi connectivity index (χ1n) is 5.96. The summed E-state index contributed by atoms with van der Waals surface area (Å²) in [7, 11) is 0. The summed E-state index contributed by atoms with van der Waals surface area (Å²) >= 11 is 0. The molecule has 1 heteroatoms. The summed E-state index contributed by atoms with van der Waals surface area (Å²) in [4.78, 5) is 0. The molecule has 1 nitrogen and oxygen atoms in total. The summed E-state index contributed by atoms with van der Waals surface area (Å²) in [5.41, 5.74) is 1.27. The van der Waals surface area contributed by atoms with E-state index in [0.717, 1.165) is 18.8 Å². The quantitative estimate of drug-likeness (QED) is 0.654. The van der Waals surface area contributed by atoms with Crippen molar-refractivity contribution in [3.05, 3.63) is 42.5 Å². The van der Waals surface area contributed by atoms with Gasteiger partial charge in [-0.15, -0.1) is 6.58 Å². The van der Waals surface area contributed by atoms with Crippen LogP contribution in [0.5, 0.6) is 5.75 Å². The van der Waals surface area contributed by atoms with Crippen molar-refractivity contribution in [3.8, 4) is 5.75 Å². The van der Waals surface area contributed by atoms with Crippen LogP contribution < -0.4 is 4.74 Å². The van der Waals surface area contributed by atoms with E-state index in [1.165, 1.54) is 5.56 Å². The zero-order valence-electron chi connectivity index (χ0n) is 10.6. The molecule has 0 heterocycles. The number of benzene rings is 1. The van der Waals surface area contributed by atoms with E-state index >= 15 is 0 Å². The van der Waals surface area contributed by atoms with Gasteiger partial charge in [-0.05, 0) is 29.9 Å². The van der Waals surface area contributed by atoms with Gasteiger partial charge < -0.3 is 4.74 Å². The van der Waals surface area contributed by atoms with E-state index in [-0.39, 0.29) is 0 Å². The van der Waals surface area contributed by atoms with Gasteiger partial charge in [0.25, 0.3) is 0 Å². The van der Waals surface area contributed by atoms with Crippen molar-refractivity contribution in [2.75, 3.05) is 6.61 Å². The largest absolute Gasteiger partial charge is 0.493 e. The fourth-order valence-electron chi connectivity index (χ4n) is 1.50. The highest BCUT2D eigenvalue weighted by Gasteiger charge is 2.06. The smallest absolute Gasteiger partial charge is 0.122 e. The Kier molecular flexibility index (Phi) is 5.10. The predicted octanol–water partition coefficient (Wildman–Crippen LogP) is 4.09. The summed E-state index contributed by atoms with van der Waals surface area (Å²) in [6.45, 7) is 11.1. The number of hydrogen-bond acceptors (Lipinski definition) is 1. The summed E-state index contributed by atoms with van der Waals surface area (Å²) in [6, 6.07) is 8.27. The van der Waals surface area contributed by atoms with Crippen LogP contribution in [-0.2, 0) is 6.42 Å². The Morgan fingerprint density at radius 3 is 2.56 bits per heavy atom. The SMILES string of the molecule is C=CC(C)Cc1ccccc1OCC(C)C. The first kappa shape index (κ1) is 12.8. The molecule has 88 valence electrons. The molecule has 0 aliphatic rings. The highest BCUT2D eigenvalue weighted by molar-refractivity contribution is 5.33. The molecule has 1 aromatic rings. The molecular formula is C15H22O. The van der Waals surface area contributed by atoms with Crippen LogP contribution in [0.3, 0.4) is 0 Å². The van der Waals surface area contributed by atoms with Gasteiger partial charge in [0.05, 0.1) is 6.61 Å². The zero-order chi connectivity index (χ0) is 12.0. The van der Waals surface area contributed by atoms with Crippen LogP contribution in [0.2, 0.25) is 0 Å². The van der Waals surface area contributed by atoms with E-state index in [4.69, 9.17) is 4.74 Å². The monoisotopic (exact) mass is 218 g/mol. The highest BCUT2D eigenvalue weighted by Crippen LogP contribution is 2.22. The first-order chi connectivity index (χ1) is 7.63. The third-order valence-electron chi connectivity index (χ3n) is 2.49. The molecule has 16 heavy (non-hydrogen) atoms. The third-order valence-corrected chi connectivity index (χ3v) is 2.49. The Morgan fingerprint density at radius 1 is 1.25 bits per heavy atom. The molecule has 1 aromatic carbocycles. The van der Waals surface area contributed by atoms with Crippen molar-refractivity contribution >= 4 is 0 Å². The zero-order valence-corrected chi connectivity index (χ0v) is 10.6. The second-order valence-electron chi connectivity index (χ2n) is 4.73. The molecule has 1 unspecified atom stereocenters. The van der Waals surface area contributed by atoms with Gasteiger partial charge in [0.2, 0.25) is 0 Å². The molecule has 0 saturated carbocycles. The van der Waals surface area contributed by atoms with E-state index in [1.807, 2.05) is 18.2 Å². The molecule has 0 bridgehead atoms. The van der Waals surface area contributed by atoms with Crippen molar-refractivity contribution in [1.82, 2.24) is 0 Å². The minimum Gasteiger partial charge on any atom is -0.493 e. The normalized spacial score (nSPS) is 12.5. The van der Waals surface area contributed by atoms with Gasteiger partial charge in [0.15, 0.2) is 0 Å². The van der Waals surface area contributed by atoms with E-state index in [1.54, 1.807) is 0 Å². The fraction of sp³-hybridized carbons (Fsp3) is 0.467. The lowest BCUT2D eigenvalue weighted by molar-refractivity contribution is 0.268. The maximum atomic E-state index is 5.81. The molecule has 0 fully saturated rings. The van der Waals surface area contributed by atoms with Crippen LogP contribution in [0.15, 0.2) is 36.9 Å². The van der Waals surface area contributed by atoms with Crippen LogP contribution in [0.1, 0.15) is 26.3 Å². The molecule has 0 aliphatic heterocycles. The third kappa shape index (κ3) is 4.09. The minimum absolute atomic E-state index is 0.490. The van der Waals surface area contributed by atoms with Crippen LogP contribution in [0.4, 0.5) is 0 Å². The predicted molar refractivity (Wildman–Crippen MR) is 69.8 cm³/mol. The number of rotatable bonds is 6. The highest BCUT2D eigenvalue weighted by atomic mass is 16.5. The summed E-state index contributed by atoms with van der Waals surface area (Å²) in [5, 5.41) is 0. The Labute approximate surface area is 99.1 Å². The van der Waals surface area contributed by atoms with Gasteiger partial charge in [0.1, 0.15) is 5.75 Å². The number of hydrogen-bond donors (Lipinski definition) is 0. The molecule has 0 spiro atoms. The van der Waals surface area contributed by atoms with Crippen molar-refractivity contribution in [2.24, 2.45) is 11.8 Å². The van der Waals surface area contributed by atoms with E-state index in [9.17, 15) is 0 Å². The second kappa shape index (κ2) is 6.37. The van der Waals surface area contributed by atoms with E-state index < -0.39 is 0 Å². The van der Waals surface area contributed by atoms with Crippen LogP contribution in [0.25, 0.3) is 0 Å². The Morgan fingerprint density at radius 2 is 1.94 bits per heavy atom. The van der Waals surface area contributed by atoms with Gasteiger partial charge in [0, 0.05) is 0 Å². The molecule has 0 aromatic heterocycles.